The first-order valence-corrected chi connectivity index (χ1v) is 22.0. The van der Waals surface area contributed by atoms with Crippen molar-refractivity contribution in [3.8, 4) is 50.2 Å². The molecule has 0 bridgehead atoms. The van der Waals surface area contributed by atoms with Crippen LogP contribution in [0.2, 0.25) is 0 Å². The highest BCUT2D eigenvalue weighted by molar-refractivity contribution is 6.10. The monoisotopic (exact) mass is 814 g/mol. The summed E-state index contributed by atoms with van der Waals surface area (Å²) < 4.78 is 2.42. The van der Waals surface area contributed by atoms with Gasteiger partial charge in [-0.2, -0.15) is 0 Å². The molecule has 0 unspecified atom stereocenters. The van der Waals surface area contributed by atoms with Gasteiger partial charge in [0.15, 0.2) is 0 Å². The Hall–Kier alpha value is -8.46. The molecule has 2 heteroatoms. The number of hydrogen-bond acceptors (Lipinski definition) is 1. The number of hydrogen-bond donors (Lipinski definition) is 0. The average Bonchev–Trinajstić information content (AvgIpc) is 3.71. The summed E-state index contributed by atoms with van der Waals surface area (Å²) in [6, 6.07) is 92.6. The molecule has 11 aromatic carbocycles. The van der Waals surface area contributed by atoms with Crippen LogP contribution in [-0.2, 0) is 0 Å². The second-order valence-corrected chi connectivity index (χ2v) is 16.5. The van der Waals surface area contributed by atoms with Crippen LogP contribution in [0.5, 0.6) is 0 Å². The van der Waals surface area contributed by atoms with Crippen LogP contribution in [0.3, 0.4) is 0 Å². The van der Waals surface area contributed by atoms with Gasteiger partial charge < -0.3 is 9.47 Å². The van der Waals surface area contributed by atoms with Crippen molar-refractivity contribution < 1.29 is 0 Å². The van der Waals surface area contributed by atoms with E-state index in [1.54, 1.807) is 0 Å². The SMILES string of the molecule is c1cc(-c2ccc(N(c3ccc(-c4cccc5ccccc45)cc3)c3ccccc3-c3cccc4ccccc34)cc2)cc(-c2ccccc2-n2c3ccccc3c3ccccc32)c1. The molecule has 0 saturated heterocycles. The molecule has 0 radical (unpaired) electrons. The minimum absolute atomic E-state index is 1.09. The Labute approximate surface area is 373 Å². The van der Waals surface area contributed by atoms with Gasteiger partial charge in [0.1, 0.15) is 0 Å². The summed E-state index contributed by atoms with van der Waals surface area (Å²) in [5.41, 5.74) is 16.4. The Morgan fingerprint density at radius 1 is 0.266 bits per heavy atom. The molecule has 0 aliphatic rings. The predicted octanol–water partition coefficient (Wildman–Crippen LogP) is 17.2. The zero-order valence-corrected chi connectivity index (χ0v) is 35.1. The first kappa shape index (κ1) is 37.3. The van der Waals surface area contributed by atoms with Crippen LogP contribution in [0.4, 0.5) is 17.1 Å². The molecule has 2 nitrogen and oxygen atoms in total. The van der Waals surface area contributed by atoms with Crippen molar-refractivity contribution in [1.29, 1.82) is 0 Å². The van der Waals surface area contributed by atoms with E-state index in [4.69, 9.17) is 0 Å². The van der Waals surface area contributed by atoms with Gasteiger partial charge in [-0.3, -0.25) is 0 Å². The second kappa shape index (κ2) is 15.8. The summed E-state index contributed by atoms with van der Waals surface area (Å²) >= 11 is 0. The fourth-order valence-corrected chi connectivity index (χ4v) is 9.82. The van der Waals surface area contributed by atoms with E-state index >= 15 is 0 Å². The predicted molar refractivity (Wildman–Crippen MR) is 272 cm³/mol. The highest BCUT2D eigenvalue weighted by Crippen LogP contribution is 2.44. The van der Waals surface area contributed by atoms with Gasteiger partial charge in [-0.25, -0.2) is 0 Å². The van der Waals surface area contributed by atoms with Crippen LogP contribution in [0, 0.1) is 0 Å². The van der Waals surface area contributed by atoms with E-state index in [-0.39, 0.29) is 0 Å². The number of nitrogens with zero attached hydrogens (tertiary/aromatic N) is 2. The van der Waals surface area contributed by atoms with E-state index in [2.05, 4.69) is 264 Å². The number of para-hydroxylation sites is 4. The third-order valence-electron chi connectivity index (χ3n) is 12.8. The van der Waals surface area contributed by atoms with Crippen LogP contribution in [-0.4, -0.2) is 4.57 Å². The minimum Gasteiger partial charge on any atom is -0.310 e. The van der Waals surface area contributed by atoms with Gasteiger partial charge in [-0.05, 0) is 110 Å². The van der Waals surface area contributed by atoms with Gasteiger partial charge in [0, 0.05) is 33.3 Å². The molecule has 0 amide bonds. The van der Waals surface area contributed by atoms with Gasteiger partial charge in [0.05, 0.1) is 22.4 Å². The first-order chi connectivity index (χ1) is 31.8. The fourth-order valence-electron chi connectivity index (χ4n) is 9.82. The van der Waals surface area contributed by atoms with Crippen molar-refractivity contribution in [2.45, 2.75) is 0 Å². The van der Waals surface area contributed by atoms with E-state index < -0.39 is 0 Å². The minimum atomic E-state index is 1.09. The Bertz CT molecular complexity index is 3610. The summed E-state index contributed by atoms with van der Waals surface area (Å²) in [6.07, 6.45) is 0. The third kappa shape index (κ3) is 6.44. The molecule has 0 saturated carbocycles. The average molecular weight is 815 g/mol. The van der Waals surface area contributed by atoms with Crippen LogP contribution >= 0.6 is 0 Å². The molecule has 1 heterocycles. The number of aromatic nitrogens is 1. The standard InChI is InChI=1S/C62H42N2/c1-3-22-51-44(16-1)18-14-28-52(51)46-36-40-50(41-37-46)63(60-31-10-6-25-56(60)55-29-15-19-45-17-2-4-23-53(45)55)49-38-34-43(35-39-49)47-20-13-21-48(42-47)54-24-5-9-30-59(54)64-61-32-11-7-26-57(61)58-27-8-12-33-62(58)64/h1-42H. The van der Waals surface area contributed by atoms with E-state index in [1.165, 1.54) is 88.0 Å². The molecule has 0 aliphatic carbocycles. The molecule has 0 atom stereocenters. The summed E-state index contributed by atoms with van der Waals surface area (Å²) in [5.74, 6) is 0. The van der Waals surface area contributed by atoms with E-state index in [0.29, 0.717) is 0 Å². The van der Waals surface area contributed by atoms with Crippen molar-refractivity contribution in [1.82, 2.24) is 4.57 Å². The van der Waals surface area contributed by atoms with Gasteiger partial charge >= 0.3 is 0 Å². The Morgan fingerprint density at radius 2 is 0.719 bits per heavy atom. The molecule has 0 spiro atoms. The van der Waals surface area contributed by atoms with E-state index in [0.717, 1.165) is 22.6 Å². The molecular formula is C62H42N2. The number of benzene rings is 11. The van der Waals surface area contributed by atoms with Crippen LogP contribution in [0.15, 0.2) is 255 Å². The molecule has 64 heavy (non-hydrogen) atoms. The second-order valence-electron chi connectivity index (χ2n) is 16.5. The summed E-state index contributed by atoms with van der Waals surface area (Å²) in [7, 11) is 0. The molecule has 1 aromatic heterocycles. The van der Waals surface area contributed by atoms with Crippen LogP contribution in [0.25, 0.3) is 93.5 Å². The largest absolute Gasteiger partial charge is 0.310 e. The summed E-state index contributed by atoms with van der Waals surface area (Å²) in [5, 5.41) is 7.48. The van der Waals surface area contributed by atoms with E-state index in [9.17, 15) is 0 Å². The molecule has 0 aliphatic heterocycles. The Morgan fingerprint density at radius 3 is 1.39 bits per heavy atom. The number of rotatable bonds is 8. The Kier molecular flexibility index (Phi) is 9.20. The maximum atomic E-state index is 2.42. The van der Waals surface area contributed by atoms with Gasteiger partial charge in [-0.1, -0.05) is 200 Å². The molecule has 0 N–H and O–H groups in total. The zero-order valence-electron chi connectivity index (χ0n) is 35.1. The van der Waals surface area contributed by atoms with Gasteiger partial charge in [-0.15, -0.1) is 0 Å². The lowest BCUT2D eigenvalue weighted by Crippen LogP contribution is -2.11. The number of fused-ring (bicyclic) bond motifs is 5. The van der Waals surface area contributed by atoms with E-state index in [1.807, 2.05) is 0 Å². The third-order valence-corrected chi connectivity index (χ3v) is 12.8. The highest BCUT2D eigenvalue weighted by Gasteiger charge is 2.20. The first-order valence-electron chi connectivity index (χ1n) is 22.0. The van der Waals surface area contributed by atoms with Crippen molar-refractivity contribution in [2.24, 2.45) is 0 Å². The van der Waals surface area contributed by atoms with Crippen molar-refractivity contribution in [3.05, 3.63) is 255 Å². The van der Waals surface area contributed by atoms with Crippen LogP contribution in [0.1, 0.15) is 0 Å². The van der Waals surface area contributed by atoms with Gasteiger partial charge in [0.25, 0.3) is 0 Å². The fraction of sp³-hybridized carbons (Fsp3) is 0. The van der Waals surface area contributed by atoms with Crippen molar-refractivity contribution >= 4 is 60.4 Å². The zero-order chi connectivity index (χ0) is 42.4. The number of anilines is 3. The molecule has 12 rings (SSSR count). The quantitative estimate of drug-likeness (QED) is 0.148. The maximum Gasteiger partial charge on any atom is 0.0541 e. The van der Waals surface area contributed by atoms with Crippen molar-refractivity contribution in [3.63, 3.8) is 0 Å². The van der Waals surface area contributed by atoms with Gasteiger partial charge in [0.2, 0.25) is 0 Å². The lowest BCUT2D eigenvalue weighted by Gasteiger charge is -2.28. The lowest BCUT2D eigenvalue weighted by molar-refractivity contribution is 1.18. The maximum absolute atomic E-state index is 2.42. The topological polar surface area (TPSA) is 8.17 Å². The molecule has 300 valence electrons. The Balaban J connectivity index is 0.958. The normalized spacial score (nSPS) is 11.4. The summed E-state index contributed by atoms with van der Waals surface area (Å²) in [6.45, 7) is 0. The summed E-state index contributed by atoms with van der Waals surface area (Å²) in [4.78, 5) is 2.41. The highest BCUT2D eigenvalue weighted by atomic mass is 15.1. The van der Waals surface area contributed by atoms with Crippen LogP contribution < -0.4 is 4.90 Å². The van der Waals surface area contributed by atoms with Crippen molar-refractivity contribution in [2.75, 3.05) is 4.90 Å². The lowest BCUT2D eigenvalue weighted by atomic mass is 9.95. The smallest absolute Gasteiger partial charge is 0.0541 e. The molecular weight excluding hydrogens is 773 g/mol. The molecule has 0 fully saturated rings. The molecule has 12 aromatic rings.